The van der Waals surface area contributed by atoms with Gasteiger partial charge in [0.05, 0.1) is 17.8 Å². The van der Waals surface area contributed by atoms with Gasteiger partial charge in [-0.15, -0.1) is 0 Å². The van der Waals surface area contributed by atoms with Crippen molar-refractivity contribution in [3.05, 3.63) is 27.8 Å². The average Bonchev–Trinajstić information content (AvgIpc) is 2.95. The molecule has 108 valence electrons. The van der Waals surface area contributed by atoms with E-state index in [2.05, 4.69) is 33.2 Å². The van der Waals surface area contributed by atoms with Gasteiger partial charge in [0.15, 0.2) is 0 Å². The fourth-order valence-electron chi connectivity index (χ4n) is 2.10. The molecule has 2 atom stereocenters. The van der Waals surface area contributed by atoms with Crippen LogP contribution in [0.5, 0.6) is 0 Å². The van der Waals surface area contributed by atoms with Gasteiger partial charge in [0.25, 0.3) is 0 Å². The molecule has 6 heteroatoms. The summed E-state index contributed by atoms with van der Waals surface area (Å²) in [6.45, 7) is 2.58. The van der Waals surface area contributed by atoms with Crippen LogP contribution in [-0.2, 0) is 14.3 Å². The van der Waals surface area contributed by atoms with Crippen LogP contribution in [-0.4, -0.2) is 30.6 Å². The first-order valence-corrected chi connectivity index (χ1v) is 7.64. The molecule has 1 aromatic rings. The normalized spacial score (nSPS) is 19.4. The van der Waals surface area contributed by atoms with E-state index in [0.717, 1.165) is 23.0 Å². The first kappa shape index (κ1) is 15.2. The lowest BCUT2D eigenvalue weighted by Crippen LogP contribution is -2.45. The lowest BCUT2D eigenvalue weighted by atomic mass is 10.1. The zero-order chi connectivity index (χ0) is 14.5. The van der Waals surface area contributed by atoms with E-state index in [9.17, 15) is 9.59 Å². The molecule has 0 saturated carbocycles. The van der Waals surface area contributed by atoms with Crippen molar-refractivity contribution in [1.29, 1.82) is 0 Å². The molecule has 0 aliphatic carbocycles. The molecular weight excluding hydrogens is 371 g/mol. The molecule has 2 amide bonds. The summed E-state index contributed by atoms with van der Waals surface area (Å²) in [6.07, 6.45) is 1.92. The highest BCUT2D eigenvalue weighted by Gasteiger charge is 2.25. The molecule has 0 unspecified atom stereocenters. The number of hydrogen-bond acceptors (Lipinski definition) is 3. The monoisotopic (exact) mass is 388 g/mol. The van der Waals surface area contributed by atoms with Gasteiger partial charge in [-0.25, -0.2) is 0 Å². The molecule has 0 bridgehead atoms. The highest BCUT2D eigenvalue weighted by atomic mass is 127. The molecule has 1 aliphatic rings. The van der Waals surface area contributed by atoms with Crippen molar-refractivity contribution >= 4 is 40.1 Å². The van der Waals surface area contributed by atoms with Gasteiger partial charge in [-0.1, -0.05) is 12.1 Å². The fourth-order valence-corrected chi connectivity index (χ4v) is 2.63. The minimum atomic E-state index is -0.654. The number of rotatable bonds is 3. The molecule has 2 rings (SSSR count). The maximum atomic E-state index is 11.8. The molecular formula is C14H17IN2O3. The standard InChI is InChI=1S/C14H17IN2O3/c1-9(12-7-4-8-20-12)16-13(18)14(19)17-11-6-3-2-5-10(11)15/h2-3,5-6,9,12H,4,7-8H2,1H3,(H,16,18)(H,17,19)/t9-,12-/m1/s1. The van der Waals surface area contributed by atoms with Crippen LogP contribution >= 0.6 is 22.6 Å². The Morgan fingerprint density at radius 2 is 2.10 bits per heavy atom. The second-order valence-electron chi connectivity index (χ2n) is 4.75. The zero-order valence-corrected chi connectivity index (χ0v) is 13.3. The predicted octanol–water partition coefficient (Wildman–Crippen LogP) is 1.91. The van der Waals surface area contributed by atoms with Crippen molar-refractivity contribution in [2.75, 3.05) is 11.9 Å². The fraction of sp³-hybridized carbons (Fsp3) is 0.429. The number of carbonyl (C=O) groups is 2. The van der Waals surface area contributed by atoms with Gasteiger partial charge in [0.2, 0.25) is 0 Å². The maximum absolute atomic E-state index is 11.8. The Morgan fingerprint density at radius 1 is 1.35 bits per heavy atom. The highest BCUT2D eigenvalue weighted by molar-refractivity contribution is 14.1. The number of halogens is 1. The Kier molecular flexibility index (Phi) is 5.36. The molecule has 1 aliphatic heterocycles. The smallest absolute Gasteiger partial charge is 0.313 e. The molecule has 1 heterocycles. The van der Waals surface area contributed by atoms with Gasteiger partial charge in [-0.3, -0.25) is 9.59 Å². The molecule has 1 saturated heterocycles. The SMILES string of the molecule is C[C@@H](NC(=O)C(=O)Nc1ccccc1I)[C@H]1CCCO1. The van der Waals surface area contributed by atoms with Crippen LogP contribution in [0, 0.1) is 3.57 Å². The number of ether oxygens (including phenoxy) is 1. The minimum absolute atomic E-state index is 0.00334. The summed E-state index contributed by atoms with van der Waals surface area (Å²) in [4.78, 5) is 23.7. The quantitative estimate of drug-likeness (QED) is 0.614. The second kappa shape index (κ2) is 7.03. The van der Waals surface area contributed by atoms with Gasteiger partial charge in [-0.2, -0.15) is 0 Å². The third-order valence-corrected chi connectivity index (χ3v) is 4.15. The van der Waals surface area contributed by atoms with Crippen LogP contribution in [0.25, 0.3) is 0 Å². The van der Waals surface area contributed by atoms with Crippen molar-refractivity contribution < 1.29 is 14.3 Å². The Morgan fingerprint density at radius 3 is 2.75 bits per heavy atom. The highest BCUT2D eigenvalue weighted by Crippen LogP contribution is 2.17. The Hall–Kier alpha value is -1.15. The van der Waals surface area contributed by atoms with Crippen LogP contribution in [0.4, 0.5) is 5.69 Å². The summed E-state index contributed by atoms with van der Waals surface area (Å²) in [7, 11) is 0. The van der Waals surface area contributed by atoms with Crippen LogP contribution < -0.4 is 10.6 Å². The second-order valence-corrected chi connectivity index (χ2v) is 5.91. The summed E-state index contributed by atoms with van der Waals surface area (Å²) in [6, 6.07) is 7.15. The van der Waals surface area contributed by atoms with Crippen LogP contribution in [0.3, 0.4) is 0 Å². The molecule has 0 spiro atoms. The van der Waals surface area contributed by atoms with Crippen molar-refractivity contribution in [3.8, 4) is 0 Å². The van der Waals surface area contributed by atoms with Gasteiger partial charge in [0.1, 0.15) is 0 Å². The Balaban J connectivity index is 1.89. The topological polar surface area (TPSA) is 67.4 Å². The largest absolute Gasteiger partial charge is 0.376 e. The van der Waals surface area contributed by atoms with Crippen LogP contribution in [0.1, 0.15) is 19.8 Å². The lowest BCUT2D eigenvalue weighted by Gasteiger charge is -2.19. The first-order chi connectivity index (χ1) is 9.58. The van der Waals surface area contributed by atoms with E-state index in [1.54, 1.807) is 6.07 Å². The van der Waals surface area contributed by atoms with Crippen LogP contribution in [0.2, 0.25) is 0 Å². The number of amides is 2. The van der Waals surface area contributed by atoms with Gasteiger partial charge in [-0.05, 0) is 54.5 Å². The number of benzene rings is 1. The molecule has 0 radical (unpaired) electrons. The Labute approximate surface area is 131 Å². The number of anilines is 1. The molecule has 5 nitrogen and oxygen atoms in total. The molecule has 20 heavy (non-hydrogen) atoms. The van der Waals surface area contributed by atoms with Crippen LogP contribution in [0.15, 0.2) is 24.3 Å². The maximum Gasteiger partial charge on any atom is 0.313 e. The third-order valence-electron chi connectivity index (χ3n) is 3.21. The average molecular weight is 388 g/mol. The zero-order valence-electron chi connectivity index (χ0n) is 11.2. The molecule has 2 N–H and O–H groups in total. The van der Waals surface area contributed by atoms with Crippen molar-refractivity contribution in [2.24, 2.45) is 0 Å². The van der Waals surface area contributed by atoms with Gasteiger partial charge in [0, 0.05) is 10.2 Å². The van der Waals surface area contributed by atoms with E-state index in [-0.39, 0.29) is 12.1 Å². The van der Waals surface area contributed by atoms with Crippen molar-refractivity contribution in [3.63, 3.8) is 0 Å². The number of hydrogen-bond donors (Lipinski definition) is 2. The van der Waals surface area contributed by atoms with Crippen molar-refractivity contribution in [2.45, 2.75) is 31.9 Å². The third kappa shape index (κ3) is 3.92. The number of nitrogens with one attached hydrogen (secondary N) is 2. The van der Waals surface area contributed by atoms with Crippen molar-refractivity contribution in [1.82, 2.24) is 5.32 Å². The van der Waals surface area contributed by atoms with Gasteiger partial charge >= 0.3 is 11.8 Å². The number of para-hydroxylation sites is 1. The van der Waals surface area contributed by atoms with E-state index in [0.29, 0.717) is 5.69 Å². The molecule has 1 aromatic carbocycles. The summed E-state index contributed by atoms with van der Waals surface area (Å²) in [5.41, 5.74) is 0.637. The van der Waals surface area contributed by atoms with E-state index in [4.69, 9.17) is 4.74 Å². The molecule has 1 fully saturated rings. The predicted molar refractivity (Wildman–Crippen MR) is 84.4 cm³/mol. The van der Waals surface area contributed by atoms with E-state index in [1.807, 2.05) is 25.1 Å². The number of carbonyl (C=O) groups excluding carboxylic acids is 2. The van der Waals surface area contributed by atoms with E-state index < -0.39 is 11.8 Å². The lowest BCUT2D eigenvalue weighted by molar-refractivity contribution is -0.137. The minimum Gasteiger partial charge on any atom is -0.376 e. The Bertz CT molecular complexity index is 501. The van der Waals surface area contributed by atoms with E-state index in [1.165, 1.54) is 0 Å². The summed E-state index contributed by atoms with van der Waals surface area (Å²) < 4.78 is 6.37. The van der Waals surface area contributed by atoms with E-state index >= 15 is 0 Å². The summed E-state index contributed by atoms with van der Waals surface area (Å²) in [5, 5.41) is 5.29. The molecule has 0 aromatic heterocycles. The van der Waals surface area contributed by atoms with Gasteiger partial charge < -0.3 is 15.4 Å². The summed E-state index contributed by atoms with van der Waals surface area (Å²) >= 11 is 2.11. The first-order valence-electron chi connectivity index (χ1n) is 6.56. The summed E-state index contributed by atoms with van der Waals surface area (Å²) in [5.74, 6) is -1.29.